The maximum Gasteiger partial charge on any atom is 0.264 e. The summed E-state index contributed by atoms with van der Waals surface area (Å²) in [5.74, 6) is -1.49. The normalized spacial score (nSPS) is 12.2. The summed E-state index contributed by atoms with van der Waals surface area (Å²) in [5, 5.41) is 3.37. The van der Waals surface area contributed by atoms with Crippen molar-refractivity contribution in [2.75, 3.05) is 10.8 Å². The van der Waals surface area contributed by atoms with E-state index in [0.717, 1.165) is 34.1 Å². The molecule has 0 fully saturated rings. The lowest BCUT2D eigenvalue weighted by Gasteiger charge is -2.33. The number of nitrogens with zero attached hydrogens (tertiary/aromatic N) is 2. The van der Waals surface area contributed by atoms with Gasteiger partial charge in [0.1, 0.15) is 18.4 Å². The van der Waals surface area contributed by atoms with Crippen LogP contribution in [0.1, 0.15) is 32.8 Å². The Labute approximate surface area is 228 Å². The van der Waals surface area contributed by atoms with Crippen LogP contribution in [0.3, 0.4) is 0 Å². The summed E-state index contributed by atoms with van der Waals surface area (Å²) in [7, 11) is -4.25. The average Bonchev–Trinajstić information content (AvgIpc) is 2.88. The first-order chi connectivity index (χ1) is 18.0. The first-order valence-corrected chi connectivity index (χ1v) is 14.0. The number of amides is 2. The number of sulfonamides is 1. The number of rotatable bonds is 11. The van der Waals surface area contributed by atoms with Gasteiger partial charge in [0.2, 0.25) is 11.8 Å². The first kappa shape index (κ1) is 29.1. The maximum absolute atomic E-state index is 13.9. The van der Waals surface area contributed by atoms with Crippen molar-refractivity contribution in [1.29, 1.82) is 0 Å². The van der Waals surface area contributed by atoms with E-state index in [1.165, 1.54) is 4.90 Å². The van der Waals surface area contributed by atoms with Gasteiger partial charge in [-0.05, 0) is 74.4 Å². The molecule has 0 spiro atoms. The molecule has 0 saturated heterocycles. The van der Waals surface area contributed by atoms with Crippen LogP contribution in [0.25, 0.3) is 0 Å². The molecule has 3 aromatic rings. The van der Waals surface area contributed by atoms with Gasteiger partial charge in [-0.2, -0.15) is 0 Å². The summed E-state index contributed by atoms with van der Waals surface area (Å²) < 4.78 is 41.8. The third-order valence-corrected chi connectivity index (χ3v) is 7.85. The molecule has 2 amide bonds. The number of para-hydroxylation sites is 1. The van der Waals surface area contributed by atoms with E-state index in [2.05, 4.69) is 5.32 Å². The summed E-state index contributed by atoms with van der Waals surface area (Å²) in [4.78, 5) is 28.2. The Balaban J connectivity index is 2.03. The predicted octanol–water partition coefficient (Wildman–Crippen LogP) is 5.01. The minimum absolute atomic E-state index is 0.0687. The molecular weight excluding hydrogens is 529 g/mol. The molecule has 1 atom stereocenters. The fourth-order valence-corrected chi connectivity index (χ4v) is 5.48. The lowest BCUT2D eigenvalue weighted by molar-refractivity contribution is -0.140. The van der Waals surface area contributed by atoms with Crippen LogP contribution in [0, 0.1) is 5.82 Å². The Morgan fingerprint density at radius 2 is 1.55 bits per heavy atom. The molecule has 38 heavy (non-hydrogen) atoms. The predicted molar refractivity (Wildman–Crippen MR) is 147 cm³/mol. The zero-order valence-electron chi connectivity index (χ0n) is 21.5. The SMILES string of the molecule is CC[C@@H](C(=O)NC(C)C)N(Cc1ccc(Cl)cc1)C(=O)CN(c1ccccc1)S(=O)(=O)c1ccc(F)cc1. The second-order valence-corrected chi connectivity index (χ2v) is 11.3. The van der Waals surface area contributed by atoms with E-state index in [1.54, 1.807) is 61.5 Å². The van der Waals surface area contributed by atoms with Gasteiger partial charge in [-0.15, -0.1) is 0 Å². The monoisotopic (exact) mass is 559 g/mol. The number of benzene rings is 3. The summed E-state index contributed by atoms with van der Waals surface area (Å²) in [6, 6.07) is 18.5. The smallest absolute Gasteiger partial charge is 0.264 e. The number of anilines is 1. The van der Waals surface area contributed by atoms with E-state index in [-0.39, 0.29) is 29.1 Å². The van der Waals surface area contributed by atoms with Crippen LogP contribution in [0.4, 0.5) is 10.1 Å². The van der Waals surface area contributed by atoms with Gasteiger partial charge in [0.25, 0.3) is 10.0 Å². The van der Waals surface area contributed by atoms with Gasteiger partial charge >= 0.3 is 0 Å². The minimum atomic E-state index is -4.25. The van der Waals surface area contributed by atoms with Crippen molar-refractivity contribution in [2.24, 2.45) is 0 Å². The zero-order chi connectivity index (χ0) is 27.9. The second-order valence-electron chi connectivity index (χ2n) is 9.04. The molecule has 7 nitrogen and oxygen atoms in total. The summed E-state index contributed by atoms with van der Waals surface area (Å²) in [6.45, 7) is 4.93. The summed E-state index contributed by atoms with van der Waals surface area (Å²) in [5.41, 5.74) is 0.988. The van der Waals surface area contributed by atoms with E-state index in [4.69, 9.17) is 11.6 Å². The molecule has 0 bridgehead atoms. The number of nitrogens with one attached hydrogen (secondary N) is 1. The lowest BCUT2D eigenvalue weighted by Crippen LogP contribution is -2.53. The van der Waals surface area contributed by atoms with Crippen molar-refractivity contribution < 1.29 is 22.4 Å². The molecule has 0 aliphatic rings. The fraction of sp³-hybridized carbons (Fsp3) is 0.286. The van der Waals surface area contributed by atoms with Crippen LogP contribution in [0.2, 0.25) is 5.02 Å². The molecule has 3 aromatic carbocycles. The topological polar surface area (TPSA) is 86.8 Å². The van der Waals surface area contributed by atoms with Gasteiger partial charge in [0, 0.05) is 17.6 Å². The highest BCUT2D eigenvalue weighted by atomic mass is 35.5. The third kappa shape index (κ3) is 7.33. The molecule has 0 saturated carbocycles. The number of carbonyl (C=O) groups is 2. The molecule has 202 valence electrons. The molecule has 10 heteroatoms. The average molecular weight is 560 g/mol. The number of halogens is 2. The van der Waals surface area contributed by atoms with E-state index in [9.17, 15) is 22.4 Å². The lowest BCUT2D eigenvalue weighted by atomic mass is 10.1. The van der Waals surface area contributed by atoms with Crippen LogP contribution in [-0.2, 0) is 26.2 Å². The Morgan fingerprint density at radius 1 is 0.947 bits per heavy atom. The van der Waals surface area contributed by atoms with Gasteiger partial charge in [-0.3, -0.25) is 13.9 Å². The molecule has 0 heterocycles. The highest BCUT2D eigenvalue weighted by molar-refractivity contribution is 7.92. The molecule has 0 radical (unpaired) electrons. The van der Waals surface area contributed by atoms with Gasteiger partial charge in [-0.1, -0.05) is 48.9 Å². The largest absolute Gasteiger partial charge is 0.352 e. The second kappa shape index (κ2) is 12.9. The number of hydrogen-bond donors (Lipinski definition) is 1. The van der Waals surface area contributed by atoms with Crippen molar-refractivity contribution in [3.05, 3.63) is 95.3 Å². The molecule has 0 unspecified atom stereocenters. The van der Waals surface area contributed by atoms with E-state index < -0.39 is 34.3 Å². The molecular formula is C28H31ClFN3O4S. The standard InChI is InChI=1S/C28H31ClFN3O4S/c1-4-26(28(35)31-20(2)3)32(18-21-10-12-22(29)13-11-21)27(34)19-33(24-8-6-5-7-9-24)38(36,37)25-16-14-23(30)15-17-25/h5-17,20,26H,4,18-19H2,1-3H3,(H,31,35)/t26-/m0/s1. The van der Waals surface area contributed by atoms with Crippen molar-refractivity contribution in [2.45, 2.75) is 50.7 Å². The maximum atomic E-state index is 13.9. The van der Waals surface area contributed by atoms with E-state index >= 15 is 0 Å². The van der Waals surface area contributed by atoms with Crippen molar-refractivity contribution >= 4 is 39.1 Å². The van der Waals surface area contributed by atoms with Crippen LogP contribution >= 0.6 is 11.6 Å². The Hall–Kier alpha value is -3.43. The fourth-order valence-electron chi connectivity index (χ4n) is 3.94. The quantitative estimate of drug-likeness (QED) is 0.358. The van der Waals surface area contributed by atoms with Crippen molar-refractivity contribution in [3.8, 4) is 0 Å². The van der Waals surface area contributed by atoms with Gasteiger partial charge in [0.15, 0.2) is 0 Å². The molecule has 1 N–H and O–H groups in total. The van der Waals surface area contributed by atoms with Gasteiger partial charge < -0.3 is 10.2 Å². The highest BCUT2D eigenvalue weighted by Gasteiger charge is 2.33. The molecule has 0 aliphatic heterocycles. The highest BCUT2D eigenvalue weighted by Crippen LogP contribution is 2.25. The minimum Gasteiger partial charge on any atom is -0.352 e. The van der Waals surface area contributed by atoms with Crippen LogP contribution in [-0.4, -0.2) is 43.8 Å². The summed E-state index contributed by atoms with van der Waals surface area (Å²) >= 11 is 6.02. The Kier molecular flexibility index (Phi) is 9.88. The molecule has 0 aromatic heterocycles. The number of hydrogen-bond acceptors (Lipinski definition) is 4. The van der Waals surface area contributed by atoms with Crippen LogP contribution in [0.15, 0.2) is 83.8 Å². The van der Waals surface area contributed by atoms with E-state index in [0.29, 0.717) is 11.4 Å². The van der Waals surface area contributed by atoms with Gasteiger partial charge in [-0.25, -0.2) is 12.8 Å². The number of carbonyl (C=O) groups excluding carboxylic acids is 2. The summed E-state index contributed by atoms with van der Waals surface area (Å²) in [6.07, 6.45) is 0.313. The van der Waals surface area contributed by atoms with Crippen molar-refractivity contribution in [3.63, 3.8) is 0 Å². The van der Waals surface area contributed by atoms with E-state index in [1.807, 2.05) is 13.8 Å². The molecule has 0 aliphatic carbocycles. The Morgan fingerprint density at radius 3 is 2.11 bits per heavy atom. The third-order valence-electron chi connectivity index (χ3n) is 5.81. The van der Waals surface area contributed by atoms with Crippen molar-refractivity contribution in [1.82, 2.24) is 10.2 Å². The molecule has 3 rings (SSSR count). The Bertz CT molecular complexity index is 1330. The van der Waals surface area contributed by atoms with Crippen LogP contribution < -0.4 is 9.62 Å². The first-order valence-electron chi connectivity index (χ1n) is 12.2. The van der Waals surface area contributed by atoms with Gasteiger partial charge in [0.05, 0.1) is 10.6 Å². The van der Waals surface area contributed by atoms with Crippen LogP contribution in [0.5, 0.6) is 0 Å². The zero-order valence-corrected chi connectivity index (χ0v) is 23.0.